The molecule has 1 aromatic rings. The van der Waals surface area contributed by atoms with Crippen LogP contribution >= 0.6 is 0 Å². The molecule has 0 spiro atoms. The van der Waals surface area contributed by atoms with Crippen molar-refractivity contribution in [1.82, 2.24) is 5.43 Å². The topological polar surface area (TPSA) is 128 Å². The summed E-state index contributed by atoms with van der Waals surface area (Å²) >= 11 is 0. The van der Waals surface area contributed by atoms with Gasteiger partial charge in [-0.3, -0.25) is 16.7 Å². The van der Waals surface area contributed by atoms with Gasteiger partial charge in [0.25, 0.3) is 0 Å². The smallest absolute Gasteiger partial charge is 0.122 e. The fourth-order valence-electron chi connectivity index (χ4n) is 1.61. The van der Waals surface area contributed by atoms with Crippen LogP contribution in [0.3, 0.4) is 0 Å². The number of benzene rings is 1. The van der Waals surface area contributed by atoms with Crippen LogP contribution < -0.4 is 28.1 Å². The highest BCUT2D eigenvalue weighted by atomic mass is 15.2. The van der Waals surface area contributed by atoms with Crippen molar-refractivity contribution in [2.75, 3.05) is 18.9 Å². The van der Waals surface area contributed by atoms with E-state index in [1.807, 2.05) is 24.3 Å². The molecule has 0 bridgehead atoms. The van der Waals surface area contributed by atoms with Gasteiger partial charge in [-0.15, -0.1) is 0 Å². The van der Waals surface area contributed by atoms with Crippen molar-refractivity contribution in [2.24, 2.45) is 11.6 Å². The van der Waals surface area contributed by atoms with Crippen molar-refractivity contribution >= 4 is 11.5 Å². The molecule has 6 nitrogen and oxygen atoms in total. The number of quaternary nitrogens is 1. The molecule has 10 N–H and O–H groups in total. The summed E-state index contributed by atoms with van der Waals surface area (Å²) in [5.41, 5.74) is 13.3. The Bertz CT molecular complexity index is 349. The predicted octanol–water partition coefficient (Wildman–Crippen LogP) is -0.127. The summed E-state index contributed by atoms with van der Waals surface area (Å²) in [6, 6.07) is 8.12. The zero-order valence-electron chi connectivity index (χ0n) is 11.9. The van der Waals surface area contributed by atoms with Gasteiger partial charge >= 0.3 is 0 Å². The number of hydrogen-bond acceptors (Lipinski definition) is 4. The van der Waals surface area contributed by atoms with Gasteiger partial charge in [-0.25, -0.2) is 0 Å². The normalized spacial score (nSPS) is 11.2. The number of amidine groups is 1. The van der Waals surface area contributed by atoms with E-state index in [1.165, 1.54) is 0 Å². The molecular weight excluding hydrogens is 240 g/mol. The lowest BCUT2D eigenvalue weighted by atomic mass is 10.1. The highest BCUT2D eigenvalue weighted by Crippen LogP contribution is 2.12. The molecule has 1 unspecified atom stereocenters. The van der Waals surface area contributed by atoms with Crippen molar-refractivity contribution in [1.29, 1.82) is 5.41 Å². The maximum absolute atomic E-state index is 7.30. The molecular formula is C13H27N6+. The molecule has 0 radical (unpaired) electrons. The van der Waals surface area contributed by atoms with Crippen LogP contribution in [0.5, 0.6) is 0 Å². The zero-order chi connectivity index (χ0) is 14.7. The lowest BCUT2D eigenvalue weighted by Gasteiger charge is -2.16. The minimum Gasteiger partial charge on any atom is -0.384 e. The Labute approximate surface area is 115 Å². The molecule has 0 amide bonds. The fourth-order valence-corrected chi connectivity index (χ4v) is 1.61. The molecule has 0 aliphatic rings. The van der Waals surface area contributed by atoms with E-state index >= 15 is 0 Å². The Balaban J connectivity index is 0.000000982. The molecule has 0 aromatic heterocycles. The van der Waals surface area contributed by atoms with Gasteiger partial charge in [0.1, 0.15) is 5.84 Å². The highest BCUT2D eigenvalue weighted by molar-refractivity contribution is 5.95. The minimum atomic E-state index is 0.108. The third-order valence-electron chi connectivity index (χ3n) is 2.61. The molecule has 108 valence electrons. The Morgan fingerprint density at radius 1 is 1.37 bits per heavy atom. The first kappa shape index (κ1) is 17.4. The number of hydrazine groups is 1. The van der Waals surface area contributed by atoms with E-state index in [4.69, 9.17) is 11.1 Å². The van der Waals surface area contributed by atoms with Crippen molar-refractivity contribution in [2.45, 2.75) is 25.8 Å². The Morgan fingerprint density at radius 2 is 1.89 bits per heavy atom. The molecule has 1 atom stereocenters. The van der Waals surface area contributed by atoms with Crippen LogP contribution in [-0.4, -0.2) is 25.5 Å². The molecule has 6 heteroatoms. The molecule has 0 fully saturated rings. The van der Waals surface area contributed by atoms with E-state index in [-0.39, 0.29) is 5.84 Å². The van der Waals surface area contributed by atoms with Crippen LogP contribution in [0.1, 0.15) is 25.3 Å². The number of nitrogens with one attached hydrogen (secondary N) is 3. The number of anilines is 1. The van der Waals surface area contributed by atoms with Crippen LogP contribution in [0.4, 0.5) is 5.69 Å². The third kappa shape index (κ3) is 7.40. The highest BCUT2D eigenvalue weighted by Gasteiger charge is 2.05. The van der Waals surface area contributed by atoms with Crippen LogP contribution in [-0.2, 0) is 0 Å². The van der Waals surface area contributed by atoms with E-state index in [0.29, 0.717) is 6.04 Å². The van der Waals surface area contributed by atoms with Crippen LogP contribution in [0, 0.1) is 5.41 Å². The maximum atomic E-state index is 7.30. The molecule has 0 saturated carbocycles. The Hall–Kier alpha value is -1.63. The SMILES string of the molecule is CCC(CC[NH3+])Nc1ccc(C(=N)N)cc1.CNN. The van der Waals surface area contributed by atoms with E-state index in [0.717, 1.165) is 30.6 Å². The Kier molecular flexibility index (Phi) is 9.42. The summed E-state index contributed by atoms with van der Waals surface area (Å²) in [5, 5.41) is 10.7. The van der Waals surface area contributed by atoms with Gasteiger partial charge in [0, 0.05) is 23.7 Å². The van der Waals surface area contributed by atoms with Gasteiger partial charge in [-0.1, -0.05) is 6.92 Å². The van der Waals surface area contributed by atoms with Crippen LogP contribution in [0.25, 0.3) is 0 Å². The number of nitrogens with two attached hydrogens (primary N) is 2. The van der Waals surface area contributed by atoms with Gasteiger partial charge in [-0.05, 0) is 37.7 Å². The molecule has 1 rings (SSSR count). The van der Waals surface area contributed by atoms with Crippen molar-refractivity contribution < 1.29 is 5.73 Å². The number of hydrogen-bond donors (Lipinski definition) is 6. The molecule has 0 heterocycles. The van der Waals surface area contributed by atoms with Crippen molar-refractivity contribution in [3.8, 4) is 0 Å². The Morgan fingerprint density at radius 3 is 2.26 bits per heavy atom. The first-order valence-corrected chi connectivity index (χ1v) is 6.46. The molecule has 1 aromatic carbocycles. The summed E-state index contributed by atoms with van der Waals surface area (Å²) in [7, 11) is 1.65. The maximum Gasteiger partial charge on any atom is 0.122 e. The van der Waals surface area contributed by atoms with E-state index in [1.54, 1.807) is 7.05 Å². The first-order chi connectivity index (χ1) is 9.08. The van der Waals surface area contributed by atoms with E-state index < -0.39 is 0 Å². The van der Waals surface area contributed by atoms with E-state index in [9.17, 15) is 0 Å². The summed E-state index contributed by atoms with van der Waals surface area (Å²) in [5.74, 6) is 4.70. The van der Waals surface area contributed by atoms with Crippen LogP contribution in [0.15, 0.2) is 24.3 Å². The minimum absolute atomic E-state index is 0.108. The van der Waals surface area contributed by atoms with Crippen molar-refractivity contribution in [3.63, 3.8) is 0 Å². The average molecular weight is 267 g/mol. The molecule has 19 heavy (non-hydrogen) atoms. The monoisotopic (exact) mass is 267 g/mol. The lowest BCUT2D eigenvalue weighted by Crippen LogP contribution is -2.51. The van der Waals surface area contributed by atoms with Gasteiger partial charge in [0.2, 0.25) is 0 Å². The molecule has 0 aliphatic heterocycles. The van der Waals surface area contributed by atoms with E-state index in [2.05, 4.69) is 29.2 Å². The second-order valence-corrected chi connectivity index (χ2v) is 4.17. The van der Waals surface area contributed by atoms with Crippen LogP contribution in [0.2, 0.25) is 0 Å². The molecule has 0 aliphatic carbocycles. The van der Waals surface area contributed by atoms with Gasteiger partial charge in [-0.2, -0.15) is 0 Å². The standard InChI is InChI=1S/C12H20N4.CH6N2/c1-2-10(7-8-13)16-11-5-3-9(4-6-11)12(14)15;1-3-2/h3-6,10,16H,2,7-8,13H2,1H3,(H3,14,15);3H,2H2,1H3/p+1. The second kappa shape index (κ2) is 10.3. The summed E-state index contributed by atoms with van der Waals surface area (Å²) in [6.07, 6.45) is 2.16. The van der Waals surface area contributed by atoms with Gasteiger partial charge in [0.15, 0.2) is 0 Å². The predicted molar refractivity (Wildman–Crippen MR) is 80.8 cm³/mol. The number of nitrogen functional groups attached to an aromatic ring is 1. The summed E-state index contributed by atoms with van der Waals surface area (Å²) < 4.78 is 0. The third-order valence-corrected chi connectivity index (χ3v) is 2.61. The average Bonchev–Trinajstić information content (AvgIpc) is 2.39. The lowest BCUT2D eigenvalue weighted by molar-refractivity contribution is -0.368. The van der Waals surface area contributed by atoms with Crippen molar-refractivity contribution in [3.05, 3.63) is 29.8 Å². The zero-order valence-corrected chi connectivity index (χ0v) is 11.9. The molecule has 0 saturated heterocycles. The summed E-state index contributed by atoms with van der Waals surface area (Å²) in [4.78, 5) is 0. The fraction of sp³-hybridized carbons (Fsp3) is 0.462. The quantitative estimate of drug-likeness (QED) is 0.186. The first-order valence-electron chi connectivity index (χ1n) is 6.46. The van der Waals surface area contributed by atoms with Gasteiger partial charge < -0.3 is 16.8 Å². The largest absolute Gasteiger partial charge is 0.384 e. The second-order valence-electron chi connectivity index (χ2n) is 4.17. The number of rotatable bonds is 6. The summed E-state index contributed by atoms with van der Waals surface area (Å²) in [6.45, 7) is 3.11. The van der Waals surface area contributed by atoms with Gasteiger partial charge in [0.05, 0.1) is 6.54 Å².